The van der Waals surface area contributed by atoms with Gasteiger partial charge in [-0.2, -0.15) is 0 Å². The molecule has 2 aromatic rings. The number of hydrogen-bond acceptors (Lipinski definition) is 4. The fourth-order valence-electron chi connectivity index (χ4n) is 2.85. The molecule has 134 valence electrons. The van der Waals surface area contributed by atoms with Crippen LogP contribution in [0.4, 0.5) is 5.69 Å². The summed E-state index contributed by atoms with van der Waals surface area (Å²) in [6.07, 6.45) is 3.28. The Morgan fingerprint density at radius 3 is 2.58 bits per heavy atom. The van der Waals surface area contributed by atoms with E-state index >= 15 is 0 Å². The van der Waals surface area contributed by atoms with Crippen molar-refractivity contribution in [1.82, 2.24) is 15.6 Å². The van der Waals surface area contributed by atoms with Gasteiger partial charge < -0.3 is 15.5 Å². The second-order valence-corrected chi connectivity index (χ2v) is 6.03. The maximum Gasteiger partial charge on any atom is 0.252 e. The summed E-state index contributed by atoms with van der Waals surface area (Å²) in [4.78, 5) is 41.8. The van der Waals surface area contributed by atoms with Crippen LogP contribution in [0.25, 0.3) is 0 Å². The molecular weight excluding hydrogens is 332 g/mol. The Morgan fingerprint density at radius 1 is 1.08 bits per heavy atom. The van der Waals surface area contributed by atoms with Crippen molar-refractivity contribution in [2.75, 3.05) is 24.5 Å². The molecule has 1 aliphatic rings. The van der Waals surface area contributed by atoms with Gasteiger partial charge in [-0.3, -0.25) is 19.4 Å². The Hall–Kier alpha value is -3.22. The minimum Gasteiger partial charge on any atom is -0.354 e. The van der Waals surface area contributed by atoms with E-state index in [2.05, 4.69) is 15.6 Å². The van der Waals surface area contributed by atoms with E-state index in [9.17, 15) is 14.4 Å². The van der Waals surface area contributed by atoms with Crippen LogP contribution in [0.15, 0.2) is 54.9 Å². The number of para-hydroxylation sites is 1. The molecule has 1 atom stereocenters. The first kappa shape index (κ1) is 17.6. The second-order valence-electron chi connectivity index (χ2n) is 6.03. The van der Waals surface area contributed by atoms with Crippen molar-refractivity contribution < 1.29 is 14.4 Å². The standard InChI is InChI=1S/C19H20N4O3/c24-17-11-15(13-23(17)16-6-2-1-3-7-16)19(26)22-10-9-21-18(25)14-5-4-8-20-12-14/h1-8,12,15H,9-11,13H2,(H,21,25)(H,22,26)/t15-/m0/s1. The van der Waals surface area contributed by atoms with Crippen molar-refractivity contribution in [3.05, 3.63) is 60.4 Å². The van der Waals surface area contributed by atoms with Gasteiger partial charge in [0.05, 0.1) is 11.5 Å². The summed E-state index contributed by atoms with van der Waals surface area (Å²) in [5, 5.41) is 5.49. The fraction of sp³-hybridized carbons (Fsp3) is 0.263. The third-order valence-electron chi connectivity index (χ3n) is 4.20. The van der Waals surface area contributed by atoms with Crippen LogP contribution < -0.4 is 15.5 Å². The minimum atomic E-state index is -0.378. The average molecular weight is 352 g/mol. The smallest absolute Gasteiger partial charge is 0.252 e. The third kappa shape index (κ3) is 4.24. The van der Waals surface area contributed by atoms with Crippen molar-refractivity contribution in [1.29, 1.82) is 0 Å². The molecule has 3 amide bonds. The van der Waals surface area contributed by atoms with Crippen LogP contribution in [-0.4, -0.2) is 42.3 Å². The zero-order valence-electron chi connectivity index (χ0n) is 14.2. The van der Waals surface area contributed by atoms with Gasteiger partial charge in [0.15, 0.2) is 0 Å². The SMILES string of the molecule is O=C(NCCNC(=O)[C@H]1CC(=O)N(c2ccccc2)C1)c1cccnc1. The molecule has 0 radical (unpaired) electrons. The number of aromatic nitrogens is 1. The minimum absolute atomic E-state index is 0.0544. The van der Waals surface area contributed by atoms with E-state index in [1.807, 2.05) is 30.3 Å². The molecule has 1 aliphatic heterocycles. The largest absolute Gasteiger partial charge is 0.354 e. The van der Waals surface area contributed by atoms with E-state index in [4.69, 9.17) is 0 Å². The zero-order valence-corrected chi connectivity index (χ0v) is 14.2. The molecule has 0 spiro atoms. The lowest BCUT2D eigenvalue weighted by molar-refractivity contribution is -0.126. The highest BCUT2D eigenvalue weighted by molar-refractivity contribution is 6.00. The summed E-state index contributed by atoms with van der Waals surface area (Å²) >= 11 is 0. The molecule has 0 saturated carbocycles. The highest BCUT2D eigenvalue weighted by Gasteiger charge is 2.34. The van der Waals surface area contributed by atoms with E-state index in [0.717, 1.165) is 5.69 Å². The lowest BCUT2D eigenvalue weighted by Gasteiger charge is -2.16. The van der Waals surface area contributed by atoms with Crippen LogP contribution in [0.1, 0.15) is 16.8 Å². The van der Waals surface area contributed by atoms with Gasteiger partial charge in [-0.05, 0) is 24.3 Å². The van der Waals surface area contributed by atoms with Crippen molar-refractivity contribution in [3.8, 4) is 0 Å². The molecule has 1 aromatic carbocycles. The molecule has 26 heavy (non-hydrogen) atoms. The highest BCUT2D eigenvalue weighted by Crippen LogP contribution is 2.24. The number of pyridine rings is 1. The molecule has 0 bridgehead atoms. The average Bonchev–Trinajstić information content (AvgIpc) is 3.08. The molecule has 1 aromatic heterocycles. The number of nitrogens with one attached hydrogen (secondary N) is 2. The molecule has 7 nitrogen and oxygen atoms in total. The molecule has 2 N–H and O–H groups in total. The number of benzene rings is 1. The quantitative estimate of drug-likeness (QED) is 0.758. The Balaban J connectivity index is 1.43. The number of hydrogen-bond donors (Lipinski definition) is 2. The molecule has 0 aliphatic carbocycles. The topological polar surface area (TPSA) is 91.4 Å². The number of nitrogens with zero attached hydrogens (tertiary/aromatic N) is 2. The van der Waals surface area contributed by atoms with Crippen LogP contribution in [0.2, 0.25) is 0 Å². The summed E-state index contributed by atoms with van der Waals surface area (Å²) in [5.74, 6) is -0.844. The number of carbonyl (C=O) groups excluding carboxylic acids is 3. The summed E-state index contributed by atoms with van der Waals surface area (Å²) in [7, 11) is 0. The number of amides is 3. The van der Waals surface area contributed by atoms with Crippen LogP contribution in [-0.2, 0) is 9.59 Å². The van der Waals surface area contributed by atoms with Crippen molar-refractivity contribution in [3.63, 3.8) is 0 Å². The Labute approximate surface area is 151 Å². The lowest BCUT2D eigenvalue weighted by Crippen LogP contribution is -2.38. The van der Waals surface area contributed by atoms with Crippen LogP contribution in [0.5, 0.6) is 0 Å². The normalized spacial score (nSPS) is 16.4. The molecule has 7 heteroatoms. The number of rotatable bonds is 6. The van der Waals surface area contributed by atoms with Gasteiger partial charge in [-0.15, -0.1) is 0 Å². The van der Waals surface area contributed by atoms with Crippen molar-refractivity contribution in [2.24, 2.45) is 5.92 Å². The van der Waals surface area contributed by atoms with Crippen LogP contribution in [0, 0.1) is 5.92 Å². The first-order chi connectivity index (χ1) is 12.6. The fourth-order valence-corrected chi connectivity index (χ4v) is 2.85. The van der Waals surface area contributed by atoms with E-state index in [1.165, 1.54) is 6.20 Å². The van der Waals surface area contributed by atoms with Crippen molar-refractivity contribution in [2.45, 2.75) is 6.42 Å². The molecule has 3 rings (SSSR count). The highest BCUT2D eigenvalue weighted by atomic mass is 16.2. The monoisotopic (exact) mass is 352 g/mol. The Morgan fingerprint density at radius 2 is 1.85 bits per heavy atom. The molecular formula is C19H20N4O3. The van der Waals surface area contributed by atoms with Gasteiger partial charge in [-0.25, -0.2) is 0 Å². The molecule has 2 heterocycles. The van der Waals surface area contributed by atoms with Crippen LogP contribution >= 0.6 is 0 Å². The Kier molecular flexibility index (Phi) is 5.58. The van der Waals surface area contributed by atoms with Crippen molar-refractivity contribution >= 4 is 23.4 Å². The molecule has 0 unspecified atom stereocenters. The first-order valence-electron chi connectivity index (χ1n) is 8.46. The predicted octanol–water partition coefficient (Wildman–Crippen LogP) is 0.981. The summed E-state index contributed by atoms with van der Waals surface area (Å²) in [5.41, 5.74) is 1.27. The van der Waals surface area contributed by atoms with Gasteiger partial charge >= 0.3 is 0 Å². The number of anilines is 1. The summed E-state index contributed by atoms with van der Waals surface area (Å²) in [6, 6.07) is 12.7. The summed E-state index contributed by atoms with van der Waals surface area (Å²) < 4.78 is 0. The maximum atomic E-state index is 12.3. The van der Waals surface area contributed by atoms with Gasteiger partial charge in [0.1, 0.15) is 0 Å². The first-order valence-corrected chi connectivity index (χ1v) is 8.46. The molecule has 1 saturated heterocycles. The van der Waals surface area contributed by atoms with E-state index in [0.29, 0.717) is 25.2 Å². The van der Waals surface area contributed by atoms with Gasteiger partial charge in [0, 0.05) is 44.1 Å². The second kappa shape index (κ2) is 8.24. The lowest BCUT2D eigenvalue weighted by atomic mass is 10.1. The van der Waals surface area contributed by atoms with Gasteiger partial charge in [0.2, 0.25) is 11.8 Å². The zero-order chi connectivity index (χ0) is 18.4. The van der Waals surface area contributed by atoms with E-state index in [-0.39, 0.29) is 30.1 Å². The van der Waals surface area contributed by atoms with Gasteiger partial charge in [0.25, 0.3) is 5.91 Å². The van der Waals surface area contributed by atoms with E-state index in [1.54, 1.807) is 23.2 Å². The maximum absolute atomic E-state index is 12.3. The number of carbonyl (C=O) groups is 3. The molecule has 1 fully saturated rings. The predicted molar refractivity (Wildman–Crippen MR) is 96.5 cm³/mol. The van der Waals surface area contributed by atoms with Gasteiger partial charge in [-0.1, -0.05) is 18.2 Å². The Bertz CT molecular complexity index is 780. The summed E-state index contributed by atoms with van der Waals surface area (Å²) in [6.45, 7) is 0.986. The third-order valence-corrected chi connectivity index (χ3v) is 4.20. The van der Waals surface area contributed by atoms with Crippen LogP contribution in [0.3, 0.4) is 0 Å². The van der Waals surface area contributed by atoms with E-state index < -0.39 is 0 Å².